The minimum absolute atomic E-state index is 0. The molecule has 0 fully saturated rings. The molecule has 0 heterocycles. The monoisotopic (exact) mass is 320 g/mol. The van der Waals surface area contributed by atoms with E-state index in [2.05, 4.69) is 0 Å². The summed E-state index contributed by atoms with van der Waals surface area (Å²) in [5, 5.41) is 0.620. The Kier molecular flexibility index (Phi) is 8.62. The SMILES string of the molecule is CCCC(N)C(=O)N(C)Cc1cc(Cl)ccc1OC.Cl. The molecule has 1 amide bonds. The van der Waals surface area contributed by atoms with Crippen molar-refractivity contribution in [2.75, 3.05) is 14.2 Å². The maximum absolute atomic E-state index is 12.0. The Balaban J connectivity index is 0.00000361. The maximum Gasteiger partial charge on any atom is 0.239 e. The van der Waals surface area contributed by atoms with Crippen molar-refractivity contribution in [2.24, 2.45) is 5.73 Å². The number of methoxy groups -OCH3 is 1. The summed E-state index contributed by atoms with van der Waals surface area (Å²) in [4.78, 5) is 13.7. The van der Waals surface area contributed by atoms with Crippen LogP contribution in [0.4, 0.5) is 0 Å². The summed E-state index contributed by atoms with van der Waals surface area (Å²) in [6.07, 6.45) is 1.58. The van der Waals surface area contributed by atoms with E-state index in [1.807, 2.05) is 6.92 Å². The Morgan fingerprint density at radius 1 is 1.50 bits per heavy atom. The summed E-state index contributed by atoms with van der Waals surface area (Å²) in [6.45, 7) is 2.44. The number of hydrogen-bond acceptors (Lipinski definition) is 3. The van der Waals surface area contributed by atoms with Crippen molar-refractivity contribution in [3.05, 3.63) is 28.8 Å². The molecule has 0 aromatic heterocycles. The van der Waals surface area contributed by atoms with Gasteiger partial charge in [-0.15, -0.1) is 12.4 Å². The van der Waals surface area contributed by atoms with Crippen LogP contribution in [0, 0.1) is 0 Å². The molecule has 0 spiro atoms. The third-order valence-corrected chi connectivity index (χ3v) is 3.18. The van der Waals surface area contributed by atoms with Gasteiger partial charge in [0.05, 0.1) is 13.2 Å². The standard InChI is InChI=1S/C14H21ClN2O2.ClH/c1-4-5-12(16)14(18)17(2)9-10-8-11(15)6-7-13(10)19-3;/h6-8,12H,4-5,9,16H2,1-3H3;1H. The molecule has 1 aromatic rings. The van der Waals surface area contributed by atoms with Crippen LogP contribution in [-0.2, 0) is 11.3 Å². The molecular weight excluding hydrogens is 299 g/mol. The van der Waals surface area contributed by atoms with Gasteiger partial charge in [-0.1, -0.05) is 24.9 Å². The minimum atomic E-state index is -0.444. The summed E-state index contributed by atoms with van der Waals surface area (Å²) in [7, 11) is 3.33. The van der Waals surface area contributed by atoms with Crippen molar-refractivity contribution < 1.29 is 9.53 Å². The van der Waals surface area contributed by atoms with Crippen LogP contribution in [0.2, 0.25) is 5.02 Å². The van der Waals surface area contributed by atoms with E-state index in [1.54, 1.807) is 37.3 Å². The van der Waals surface area contributed by atoms with E-state index in [0.29, 0.717) is 23.7 Å². The Hall–Kier alpha value is -0.970. The molecule has 4 nitrogen and oxygen atoms in total. The van der Waals surface area contributed by atoms with Crippen LogP contribution in [0.25, 0.3) is 0 Å². The molecule has 0 aliphatic rings. The zero-order valence-electron chi connectivity index (χ0n) is 12.1. The molecule has 2 N–H and O–H groups in total. The van der Waals surface area contributed by atoms with Gasteiger partial charge in [0.15, 0.2) is 0 Å². The molecule has 0 aliphatic heterocycles. The van der Waals surface area contributed by atoms with Crippen LogP contribution in [0.5, 0.6) is 5.75 Å². The fourth-order valence-corrected chi connectivity index (χ4v) is 2.12. The zero-order chi connectivity index (χ0) is 14.4. The lowest BCUT2D eigenvalue weighted by Crippen LogP contribution is -2.41. The largest absolute Gasteiger partial charge is 0.496 e. The Morgan fingerprint density at radius 3 is 2.70 bits per heavy atom. The number of ether oxygens (including phenoxy) is 1. The van der Waals surface area contributed by atoms with Crippen LogP contribution in [0.3, 0.4) is 0 Å². The molecule has 0 bridgehead atoms. The second-order valence-electron chi connectivity index (χ2n) is 4.55. The van der Waals surface area contributed by atoms with Gasteiger partial charge in [-0.25, -0.2) is 0 Å². The maximum atomic E-state index is 12.0. The number of nitrogens with zero attached hydrogens (tertiary/aromatic N) is 1. The minimum Gasteiger partial charge on any atom is -0.496 e. The average molecular weight is 321 g/mol. The molecule has 20 heavy (non-hydrogen) atoms. The first-order valence-electron chi connectivity index (χ1n) is 6.32. The van der Waals surface area contributed by atoms with Gasteiger partial charge in [-0.3, -0.25) is 4.79 Å². The lowest BCUT2D eigenvalue weighted by molar-refractivity contribution is -0.132. The van der Waals surface area contributed by atoms with E-state index in [4.69, 9.17) is 22.1 Å². The molecule has 1 aromatic carbocycles. The molecule has 1 unspecified atom stereocenters. The van der Waals surface area contributed by atoms with Gasteiger partial charge in [-0.2, -0.15) is 0 Å². The topological polar surface area (TPSA) is 55.6 Å². The average Bonchev–Trinajstić information content (AvgIpc) is 2.38. The van der Waals surface area contributed by atoms with Crippen molar-refractivity contribution in [3.8, 4) is 5.75 Å². The number of carbonyl (C=O) groups is 1. The van der Waals surface area contributed by atoms with E-state index in [9.17, 15) is 4.79 Å². The predicted molar refractivity (Wildman–Crippen MR) is 84.6 cm³/mol. The fraction of sp³-hybridized carbons (Fsp3) is 0.500. The van der Waals surface area contributed by atoms with E-state index < -0.39 is 6.04 Å². The van der Waals surface area contributed by atoms with Gasteiger partial charge < -0.3 is 15.4 Å². The van der Waals surface area contributed by atoms with Crippen molar-refractivity contribution >= 4 is 29.9 Å². The smallest absolute Gasteiger partial charge is 0.239 e. The molecular formula is C14H22Cl2N2O2. The predicted octanol–water partition coefficient (Wildman–Crippen LogP) is 2.86. The van der Waals surface area contributed by atoms with Gasteiger partial charge in [0, 0.05) is 24.2 Å². The van der Waals surface area contributed by atoms with Gasteiger partial charge >= 0.3 is 0 Å². The van der Waals surface area contributed by atoms with Gasteiger partial charge in [0.1, 0.15) is 5.75 Å². The van der Waals surface area contributed by atoms with Crippen molar-refractivity contribution in [1.29, 1.82) is 0 Å². The number of carbonyl (C=O) groups excluding carboxylic acids is 1. The second kappa shape index (κ2) is 9.06. The summed E-state index contributed by atoms with van der Waals surface area (Å²) in [5.74, 6) is 0.650. The Bertz CT molecular complexity index is 441. The number of halogens is 2. The van der Waals surface area contributed by atoms with Crippen LogP contribution >= 0.6 is 24.0 Å². The number of amides is 1. The molecule has 1 rings (SSSR count). The number of rotatable bonds is 6. The molecule has 114 valence electrons. The summed E-state index contributed by atoms with van der Waals surface area (Å²) < 4.78 is 5.26. The zero-order valence-corrected chi connectivity index (χ0v) is 13.6. The first-order chi connectivity index (χ1) is 8.99. The number of nitrogens with two attached hydrogens (primary N) is 1. The van der Waals surface area contributed by atoms with Crippen LogP contribution in [-0.4, -0.2) is 31.0 Å². The highest BCUT2D eigenvalue weighted by Gasteiger charge is 2.18. The summed E-state index contributed by atoms with van der Waals surface area (Å²) in [6, 6.07) is 4.91. The third kappa shape index (κ3) is 5.19. The van der Waals surface area contributed by atoms with Gasteiger partial charge in [-0.05, 0) is 24.6 Å². The highest BCUT2D eigenvalue weighted by Crippen LogP contribution is 2.23. The molecule has 6 heteroatoms. The molecule has 0 aliphatic carbocycles. The highest BCUT2D eigenvalue weighted by atomic mass is 35.5. The van der Waals surface area contributed by atoms with Gasteiger partial charge in [0.25, 0.3) is 0 Å². The van der Waals surface area contributed by atoms with Crippen LogP contribution in [0.15, 0.2) is 18.2 Å². The van der Waals surface area contributed by atoms with Gasteiger partial charge in [0.2, 0.25) is 5.91 Å². The Morgan fingerprint density at radius 2 is 2.15 bits per heavy atom. The lowest BCUT2D eigenvalue weighted by atomic mass is 10.1. The quantitative estimate of drug-likeness (QED) is 0.876. The van der Waals surface area contributed by atoms with Crippen LogP contribution < -0.4 is 10.5 Å². The highest BCUT2D eigenvalue weighted by molar-refractivity contribution is 6.30. The van der Waals surface area contributed by atoms with E-state index in [1.165, 1.54) is 0 Å². The van der Waals surface area contributed by atoms with Crippen molar-refractivity contribution in [1.82, 2.24) is 4.90 Å². The van der Waals surface area contributed by atoms with E-state index >= 15 is 0 Å². The summed E-state index contributed by atoms with van der Waals surface area (Å²) >= 11 is 5.97. The van der Waals surface area contributed by atoms with E-state index in [0.717, 1.165) is 12.0 Å². The Labute approximate surface area is 131 Å². The molecule has 0 saturated heterocycles. The number of hydrogen-bond donors (Lipinski definition) is 1. The second-order valence-corrected chi connectivity index (χ2v) is 4.98. The summed E-state index contributed by atoms with van der Waals surface area (Å²) in [5.41, 5.74) is 6.70. The number of benzene rings is 1. The normalized spacial score (nSPS) is 11.4. The number of likely N-dealkylation sites (N-methyl/N-ethyl adjacent to an activating group) is 1. The fourth-order valence-electron chi connectivity index (χ4n) is 1.92. The van der Waals surface area contributed by atoms with Crippen molar-refractivity contribution in [2.45, 2.75) is 32.4 Å². The lowest BCUT2D eigenvalue weighted by Gasteiger charge is -2.22. The van der Waals surface area contributed by atoms with Crippen LogP contribution in [0.1, 0.15) is 25.3 Å². The van der Waals surface area contributed by atoms with E-state index in [-0.39, 0.29) is 18.3 Å². The molecule has 0 saturated carbocycles. The molecule has 0 radical (unpaired) electrons. The first kappa shape index (κ1) is 19.0. The first-order valence-corrected chi connectivity index (χ1v) is 6.70. The van der Waals surface area contributed by atoms with Crippen molar-refractivity contribution in [3.63, 3.8) is 0 Å². The molecule has 1 atom stereocenters. The third-order valence-electron chi connectivity index (χ3n) is 2.94.